The topological polar surface area (TPSA) is 12.0 Å². The molecular weight excluding hydrogens is 301 g/mol. The molecule has 0 heterocycles. The molecule has 0 aromatic heterocycles. The molecule has 2 aromatic carbocycles. The van der Waals surface area contributed by atoms with E-state index in [1.165, 1.54) is 16.7 Å². The zero-order valence-corrected chi connectivity index (χ0v) is 14.2. The minimum Gasteiger partial charge on any atom is -0.310 e. The smallest absolute Gasteiger partial charge is 0.0453 e. The third-order valence-electron chi connectivity index (χ3n) is 3.73. The van der Waals surface area contributed by atoms with E-state index in [1.807, 2.05) is 18.2 Å². The highest BCUT2D eigenvalue weighted by Crippen LogP contribution is 2.30. The second-order valence-corrected chi connectivity index (χ2v) is 6.19. The molecule has 0 saturated heterocycles. The van der Waals surface area contributed by atoms with Gasteiger partial charge in [0.1, 0.15) is 0 Å². The molecule has 0 bridgehead atoms. The van der Waals surface area contributed by atoms with Gasteiger partial charge in [0.05, 0.1) is 0 Å². The summed E-state index contributed by atoms with van der Waals surface area (Å²) in [7, 11) is 0. The Morgan fingerprint density at radius 3 is 2.33 bits per heavy atom. The van der Waals surface area contributed by atoms with Crippen molar-refractivity contribution in [1.29, 1.82) is 0 Å². The Hall–Kier alpha value is -1.02. The van der Waals surface area contributed by atoms with E-state index >= 15 is 0 Å². The number of benzene rings is 2. The fraction of sp³-hybridized carbons (Fsp3) is 0.333. The minimum absolute atomic E-state index is 0.215. The first-order valence-corrected chi connectivity index (χ1v) is 8.02. The van der Waals surface area contributed by atoms with Crippen LogP contribution in [0.4, 0.5) is 0 Å². The quantitative estimate of drug-likeness (QED) is 0.766. The first kappa shape index (κ1) is 16.4. The molecule has 2 rings (SSSR count). The lowest BCUT2D eigenvalue weighted by atomic mass is 9.94. The van der Waals surface area contributed by atoms with Gasteiger partial charge in [-0.3, -0.25) is 0 Å². The number of aryl methyl sites for hydroxylation is 2. The molecule has 0 fully saturated rings. The van der Waals surface area contributed by atoms with Crippen molar-refractivity contribution in [2.45, 2.75) is 33.2 Å². The maximum Gasteiger partial charge on any atom is 0.0453 e. The van der Waals surface area contributed by atoms with Crippen molar-refractivity contribution >= 4 is 23.2 Å². The van der Waals surface area contributed by atoms with Gasteiger partial charge in [0.25, 0.3) is 0 Å². The SMILES string of the molecule is CCNC(Cc1c(Cl)cccc1Cl)c1cc(C)ccc1C. The molecular formula is C18H21Cl2N. The van der Waals surface area contributed by atoms with Crippen molar-refractivity contribution < 1.29 is 0 Å². The average Bonchev–Trinajstić information content (AvgIpc) is 2.44. The number of likely N-dealkylation sites (N-methyl/N-ethyl adjacent to an activating group) is 1. The van der Waals surface area contributed by atoms with Gasteiger partial charge in [0.2, 0.25) is 0 Å². The van der Waals surface area contributed by atoms with E-state index in [1.54, 1.807) is 0 Å². The molecule has 0 amide bonds. The van der Waals surface area contributed by atoms with Gasteiger partial charge in [-0.05, 0) is 55.6 Å². The lowest BCUT2D eigenvalue weighted by Gasteiger charge is -2.22. The van der Waals surface area contributed by atoms with E-state index < -0.39 is 0 Å². The largest absolute Gasteiger partial charge is 0.310 e. The van der Waals surface area contributed by atoms with Gasteiger partial charge < -0.3 is 5.32 Å². The number of hydrogen-bond donors (Lipinski definition) is 1. The Balaban J connectivity index is 2.38. The van der Waals surface area contributed by atoms with Crippen molar-refractivity contribution in [1.82, 2.24) is 5.32 Å². The summed E-state index contributed by atoms with van der Waals surface area (Å²) in [5.41, 5.74) is 4.87. The second-order valence-electron chi connectivity index (χ2n) is 5.37. The normalized spacial score (nSPS) is 12.4. The van der Waals surface area contributed by atoms with Crippen LogP contribution in [0.3, 0.4) is 0 Å². The summed E-state index contributed by atoms with van der Waals surface area (Å²) >= 11 is 12.6. The van der Waals surface area contributed by atoms with Crippen LogP contribution < -0.4 is 5.32 Å². The molecule has 0 aliphatic carbocycles. The van der Waals surface area contributed by atoms with Gasteiger partial charge in [0.15, 0.2) is 0 Å². The molecule has 0 aliphatic heterocycles. The van der Waals surface area contributed by atoms with Crippen molar-refractivity contribution in [3.05, 3.63) is 68.7 Å². The van der Waals surface area contributed by atoms with Gasteiger partial charge in [0, 0.05) is 16.1 Å². The monoisotopic (exact) mass is 321 g/mol. The minimum atomic E-state index is 0.215. The summed E-state index contributed by atoms with van der Waals surface area (Å²) in [5.74, 6) is 0. The van der Waals surface area contributed by atoms with Crippen molar-refractivity contribution in [3.63, 3.8) is 0 Å². The van der Waals surface area contributed by atoms with Gasteiger partial charge in [-0.15, -0.1) is 0 Å². The van der Waals surface area contributed by atoms with Crippen LogP contribution in [0.5, 0.6) is 0 Å². The predicted molar refractivity (Wildman–Crippen MR) is 92.5 cm³/mol. The fourth-order valence-corrected chi connectivity index (χ4v) is 3.16. The zero-order chi connectivity index (χ0) is 15.4. The summed E-state index contributed by atoms with van der Waals surface area (Å²) in [6.07, 6.45) is 0.788. The number of hydrogen-bond acceptors (Lipinski definition) is 1. The van der Waals surface area contributed by atoms with Crippen LogP contribution in [0.15, 0.2) is 36.4 Å². The van der Waals surface area contributed by atoms with Crippen molar-refractivity contribution in [2.75, 3.05) is 6.54 Å². The maximum absolute atomic E-state index is 6.32. The zero-order valence-electron chi connectivity index (χ0n) is 12.7. The van der Waals surface area contributed by atoms with E-state index in [-0.39, 0.29) is 6.04 Å². The molecule has 1 atom stereocenters. The summed E-state index contributed by atoms with van der Waals surface area (Å²) in [5, 5.41) is 5.02. The van der Waals surface area contributed by atoms with Crippen LogP contribution in [0.2, 0.25) is 10.0 Å². The highest BCUT2D eigenvalue weighted by atomic mass is 35.5. The molecule has 0 aliphatic rings. The van der Waals surface area contributed by atoms with E-state index in [0.29, 0.717) is 0 Å². The lowest BCUT2D eigenvalue weighted by Crippen LogP contribution is -2.24. The molecule has 3 heteroatoms. The second kappa shape index (κ2) is 7.31. The van der Waals surface area contributed by atoms with E-state index in [2.05, 4.69) is 44.3 Å². The molecule has 112 valence electrons. The summed E-state index contributed by atoms with van der Waals surface area (Å²) in [4.78, 5) is 0. The summed E-state index contributed by atoms with van der Waals surface area (Å²) in [6, 6.07) is 12.5. The van der Waals surface area contributed by atoms with E-state index in [0.717, 1.165) is 28.6 Å². The Morgan fingerprint density at radius 1 is 1.05 bits per heavy atom. The number of nitrogens with one attached hydrogen (secondary N) is 1. The molecule has 0 saturated carbocycles. The highest BCUT2D eigenvalue weighted by molar-refractivity contribution is 6.36. The summed E-state index contributed by atoms with van der Waals surface area (Å²) < 4.78 is 0. The third kappa shape index (κ3) is 4.00. The van der Waals surface area contributed by atoms with E-state index in [4.69, 9.17) is 23.2 Å². The third-order valence-corrected chi connectivity index (χ3v) is 4.44. The number of halogens is 2. The Labute approximate surface area is 137 Å². The Kier molecular flexibility index (Phi) is 5.69. The average molecular weight is 322 g/mol. The van der Waals surface area contributed by atoms with Crippen LogP contribution >= 0.6 is 23.2 Å². The molecule has 0 radical (unpaired) electrons. The standard InChI is InChI=1S/C18H21Cl2N/c1-4-21-18(14-10-12(2)8-9-13(14)3)11-15-16(19)6-5-7-17(15)20/h5-10,18,21H,4,11H2,1-3H3. The molecule has 1 N–H and O–H groups in total. The van der Waals surface area contributed by atoms with Gasteiger partial charge in [-0.1, -0.05) is 60.0 Å². The first-order chi connectivity index (χ1) is 10.0. The Bertz CT molecular complexity index is 602. The van der Waals surface area contributed by atoms with Crippen LogP contribution in [-0.4, -0.2) is 6.54 Å². The lowest BCUT2D eigenvalue weighted by molar-refractivity contribution is 0.547. The predicted octanol–water partition coefficient (Wildman–Crippen LogP) is 5.50. The van der Waals surface area contributed by atoms with Crippen LogP contribution in [-0.2, 0) is 6.42 Å². The van der Waals surface area contributed by atoms with Crippen molar-refractivity contribution in [3.8, 4) is 0 Å². The van der Waals surface area contributed by atoms with Crippen molar-refractivity contribution in [2.24, 2.45) is 0 Å². The number of rotatable bonds is 5. The highest BCUT2D eigenvalue weighted by Gasteiger charge is 2.17. The van der Waals surface area contributed by atoms with Crippen LogP contribution in [0.25, 0.3) is 0 Å². The molecule has 0 spiro atoms. The summed E-state index contributed by atoms with van der Waals surface area (Å²) in [6.45, 7) is 7.29. The van der Waals surface area contributed by atoms with Crippen LogP contribution in [0.1, 0.15) is 35.2 Å². The molecule has 2 aromatic rings. The van der Waals surface area contributed by atoms with Gasteiger partial charge in [-0.25, -0.2) is 0 Å². The first-order valence-electron chi connectivity index (χ1n) is 7.26. The van der Waals surface area contributed by atoms with Gasteiger partial charge >= 0.3 is 0 Å². The molecule has 1 nitrogen and oxygen atoms in total. The fourth-order valence-electron chi connectivity index (χ4n) is 2.61. The van der Waals surface area contributed by atoms with E-state index in [9.17, 15) is 0 Å². The maximum atomic E-state index is 6.32. The molecule has 21 heavy (non-hydrogen) atoms. The molecule has 1 unspecified atom stereocenters. The van der Waals surface area contributed by atoms with Crippen LogP contribution in [0, 0.1) is 13.8 Å². The Morgan fingerprint density at radius 2 is 1.71 bits per heavy atom. The van der Waals surface area contributed by atoms with Gasteiger partial charge in [-0.2, -0.15) is 0 Å².